The Balaban J connectivity index is 1.69. The summed E-state index contributed by atoms with van der Waals surface area (Å²) in [5, 5.41) is 14.2. The van der Waals surface area contributed by atoms with Crippen LogP contribution in [0.4, 0.5) is 0 Å². The summed E-state index contributed by atoms with van der Waals surface area (Å²) in [7, 11) is 0. The molecule has 6 heteroatoms. The van der Waals surface area contributed by atoms with E-state index in [0.29, 0.717) is 0 Å². The summed E-state index contributed by atoms with van der Waals surface area (Å²) in [6.07, 6.45) is 5.78. The predicted octanol–water partition coefficient (Wildman–Crippen LogP) is 1.61. The Kier molecular flexibility index (Phi) is 4.44. The van der Waals surface area contributed by atoms with E-state index in [2.05, 4.69) is 44.2 Å². The molecule has 6 nitrogen and oxygen atoms in total. The summed E-state index contributed by atoms with van der Waals surface area (Å²) in [6, 6.07) is 0. The highest BCUT2D eigenvalue weighted by molar-refractivity contribution is 4.92. The Hall–Kier alpha value is -1.72. The van der Waals surface area contributed by atoms with Crippen LogP contribution < -0.4 is 0 Å². The quantitative estimate of drug-likeness (QED) is 0.729. The second-order valence-corrected chi connectivity index (χ2v) is 4.31. The Morgan fingerprint density at radius 3 is 1.56 bits per heavy atom. The van der Waals surface area contributed by atoms with Gasteiger partial charge in [0.2, 0.25) is 0 Å². The second-order valence-electron chi connectivity index (χ2n) is 4.31. The van der Waals surface area contributed by atoms with E-state index in [-0.39, 0.29) is 0 Å². The van der Waals surface area contributed by atoms with Crippen molar-refractivity contribution in [1.82, 2.24) is 30.4 Å². The normalized spacial score (nSPS) is 11.0. The molecule has 0 spiro atoms. The van der Waals surface area contributed by atoms with E-state index < -0.39 is 0 Å². The lowest BCUT2D eigenvalue weighted by molar-refractivity contribution is 0.689. The number of aromatic amines is 2. The van der Waals surface area contributed by atoms with Crippen LogP contribution in [0.25, 0.3) is 0 Å². The fourth-order valence-corrected chi connectivity index (χ4v) is 1.78. The molecular weight excluding hydrogens is 228 g/mol. The highest BCUT2D eigenvalue weighted by Crippen LogP contribution is 2.04. The maximum absolute atomic E-state index is 4.39. The molecular formula is C12H20N6. The van der Waals surface area contributed by atoms with Crippen LogP contribution >= 0.6 is 0 Å². The molecule has 0 fully saturated rings. The number of aromatic nitrogens is 6. The van der Waals surface area contributed by atoms with Gasteiger partial charge in [-0.3, -0.25) is 10.2 Å². The molecule has 0 amide bonds. The maximum Gasteiger partial charge on any atom is 0.150 e. The molecule has 2 aromatic rings. The van der Waals surface area contributed by atoms with Crippen LogP contribution in [0, 0.1) is 0 Å². The molecule has 0 unspecified atom stereocenters. The van der Waals surface area contributed by atoms with Crippen molar-refractivity contribution >= 4 is 0 Å². The van der Waals surface area contributed by atoms with Crippen LogP contribution in [-0.2, 0) is 25.7 Å². The highest BCUT2D eigenvalue weighted by Gasteiger charge is 2.03. The molecule has 0 saturated heterocycles. The number of nitrogens with zero attached hydrogens (tertiary/aromatic N) is 4. The van der Waals surface area contributed by atoms with Crippen LogP contribution in [0.5, 0.6) is 0 Å². The molecule has 0 bridgehead atoms. The first-order valence-corrected chi connectivity index (χ1v) is 6.62. The number of hydrogen-bond acceptors (Lipinski definition) is 4. The Bertz CT molecular complexity index is 428. The fourth-order valence-electron chi connectivity index (χ4n) is 1.78. The summed E-state index contributed by atoms with van der Waals surface area (Å²) in [4.78, 5) is 8.77. The number of unbranched alkanes of at least 4 members (excludes halogenated alkanes) is 1. The molecule has 0 aliphatic carbocycles. The maximum atomic E-state index is 4.39. The van der Waals surface area contributed by atoms with Crippen LogP contribution in [-0.4, -0.2) is 30.4 Å². The molecule has 0 aromatic carbocycles. The number of aryl methyl sites for hydroxylation is 4. The Labute approximate surface area is 107 Å². The molecule has 2 aromatic heterocycles. The second kappa shape index (κ2) is 6.28. The summed E-state index contributed by atoms with van der Waals surface area (Å²) in [5.41, 5.74) is 0. The lowest BCUT2D eigenvalue weighted by Crippen LogP contribution is -1.93. The number of hydrogen-bond donors (Lipinski definition) is 2. The van der Waals surface area contributed by atoms with Gasteiger partial charge in [-0.2, -0.15) is 10.2 Å². The van der Waals surface area contributed by atoms with Crippen molar-refractivity contribution in [3.05, 3.63) is 23.3 Å². The summed E-state index contributed by atoms with van der Waals surface area (Å²) >= 11 is 0. The van der Waals surface area contributed by atoms with Gasteiger partial charge in [-0.15, -0.1) is 0 Å². The van der Waals surface area contributed by atoms with Crippen molar-refractivity contribution < 1.29 is 0 Å². The predicted molar refractivity (Wildman–Crippen MR) is 68.2 cm³/mol. The minimum atomic E-state index is 0.907. The Morgan fingerprint density at radius 1 is 0.778 bits per heavy atom. The third-order valence-corrected chi connectivity index (χ3v) is 2.88. The largest absolute Gasteiger partial charge is 0.263 e. The monoisotopic (exact) mass is 248 g/mol. The van der Waals surface area contributed by atoms with E-state index in [1.165, 1.54) is 0 Å². The van der Waals surface area contributed by atoms with Crippen molar-refractivity contribution in [2.24, 2.45) is 0 Å². The van der Waals surface area contributed by atoms with Crippen LogP contribution in [0.2, 0.25) is 0 Å². The zero-order chi connectivity index (χ0) is 12.8. The van der Waals surface area contributed by atoms with Crippen LogP contribution in [0.1, 0.15) is 50.0 Å². The average molecular weight is 248 g/mol. The van der Waals surface area contributed by atoms with Gasteiger partial charge in [-0.25, -0.2) is 9.97 Å². The SMILES string of the molecule is CCc1nc(CCCCc2n[nH]c(CC)n2)n[nH]1. The van der Waals surface area contributed by atoms with Crippen molar-refractivity contribution in [3.8, 4) is 0 Å². The van der Waals surface area contributed by atoms with Crippen molar-refractivity contribution in [2.45, 2.75) is 52.4 Å². The zero-order valence-electron chi connectivity index (χ0n) is 11.0. The van der Waals surface area contributed by atoms with Crippen molar-refractivity contribution in [3.63, 3.8) is 0 Å². The minimum Gasteiger partial charge on any atom is -0.263 e. The van der Waals surface area contributed by atoms with Crippen LogP contribution in [0.15, 0.2) is 0 Å². The summed E-state index contributed by atoms with van der Waals surface area (Å²) < 4.78 is 0. The summed E-state index contributed by atoms with van der Waals surface area (Å²) in [6.45, 7) is 4.14. The van der Waals surface area contributed by atoms with Gasteiger partial charge >= 0.3 is 0 Å². The average Bonchev–Trinajstić information content (AvgIpc) is 3.03. The summed E-state index contributed by atoms with van der Waals surface area (Å²) in [5.74, 6) is 3.75. The molecule has 0 atom stereocenters. The van der Waals surface area contributed by atoms with Gasteiger partial charge in [-0.1, -0.05) is 13.8 Å². The number of rotatable bonds is 7. The first-order valence-electron chi connectivity index (χ1n) is 6.62. The standard InChI is InChI=1S/C12H20N6/c1-3-9-13-11(17-15-9)7-5-6-8-12-14-10(4-2)16-18-12/h3-8H2,1-2H3,(H,13,15,17)(H,14,16,18). The number of H-pyrrole nitrogens is 2. The third kappa shape index (κ3) is 3.38. The van der Waals surface area contributed by atoms with Crippen molar-refractivity contribution in [2.75, 3.05) is 0 Å². The molecule has 0 aliphatic rings. The number of nitrogens with one attached hydrogen (secondary N) is 2. The topological polar surface area (TPSA) is 83.1 Å². The molecule has 0 radical (unpaired) electrons. The van der Waals surface area contributed by atoms with Gasteiger partial charge in [-0.05, 0) is 12.8 Å². The smallest absolute Gasteiger partial charge is 0.150 e. The molecule has 98 valence electrons. The minimum absolute atomic E-state index is 0.907. The van der Waals surface area contributed by atoms with Gasteiger partial charge in [0.25, 0.3) is 0 Å². The van der Waals surface area contributed by atoms with E-state index in [0.717, 1.165) is 61.8 Å². The van der Waals surface area contributed by atoms with Crippen LogP contribution in [0.3, 0.4) is 0 Å². The van der Waals surface area contributed by atoms with E-state index in [1.54, 1.807) is 0 Å². The molecule has 18 heavy (non-hydrogen) atoms. The van der Waals surface area contributed by atoms with Gasteiger partial charge in [0.05, 0.1) is 0 Å². The van der Waals surface area contributed by atoms with E-state index in [9.17, 15) is 0 Å². The molecule has 2 N–H and O–H groups in total. The van der Waals surface area contributed by atoms with Gasteiger partial charge in [0.1, 0.15) is 11.6 Å². The van der Waals surface area contributed by atoms with Gasteiger partial charge < -0.3 is 0 Å². The van der Waals surface area contributed by atoms with Gasteiger partial charge in [0, 0.05) is 25.7 Å². The molecule has 0 saturated carbocycles. The molecule has 0 aliphatic heterocycles. The molecule has 2 heterocycles. The van der Waals surface area contributed by atoms with E-state index in [4.69, 9.17) is 0 Å². The lowest BCUT2D eigenvalue weighted by Gasteiger charge is -1.95. The Morgan fingerprint density at radius 2 is 1.22 bits per heavy atom. The zero-order valence-corrected chi connectivity index (χ0v) is 11.0. The first kappa shape index (κ1) is 12.7. The van der Waals surface area contributed by atoms with Gasteiger partial charge in [0.15, 0.2) is 11.6 Å². The lowest BCUT2D eigenvalue weighted by atomic mass is 10.2. The third-order valence-electron chi connectivity index (χ3n) is 2.88. The van der Waals surface area contributed by atoms with E-state index in [1.807, 2.05) is 0 Å². The van der Waals surface area contributed by atoms with E-state index >= 15 is 0 Å². The highest BCUT2D eigenvalue weighted by atomic mass is 15.2. The molecule has 2 rings (SSSR count). The van der Waals surface area contributed by atoms with Crippen molar-refractivity contribution in [1.29, 1.82) is 0 Å². The first-order chi connectivity index (χ1) is 8.81. The fraction of sp³-hybridized carbons (Fsp3) is 0.667.